The summed E-state index contributed by atoms with van der Waals surface area (Å²) in [5, 5.41) is 8.49. The van der Waals surface area contributed by atoms with Crippen LogP contribution in [-0.4, -0.2) is 14.8 Å². The van der Waals surface area contributed by atoms with E-state index < -0.39 is 0 Å². The van der Waals surface area contributed by atoms with Crippen LogP contribution in [0.5, 0.6) is 0 Å². The van der Waals surface area contributed by atoms with Crippen molar-refractivity contribution in [1.82, 2.24) is 14.8 Å². The van der Waals surface area contributed by atoms with Crippen molar-refractivity contribution < 1.29 is 0 Å². The Kier molecular flexibility index (Phi) is 3.29. The molecule has 0 bridgehead atoms. The molecule has 2 atom stereocenters. The Morgan fingerprint density at radius 1 is 1.20 bits per heavy atom. The lowest BCUT2D eigenvalue weighted by Gasteiger charge is -2.17. The van der Waals surface area contributed by atoms with Crippen molar-refractivity contribution in [2.45, 2.75) is 52.0 Å². The molecule has 1 aromatic rings. The smallest absolute Gasteiger partial charge is 0.225 e. The number of halogens is 1. The maximum absolute atomic E-state index is 6.06. The predicted octanol–water partition coefficient (Wildman–Crippen LogP) is 3.38. The molecule has 0 radical (unpaired) electrons. The largest absolute Gasteiger partial charge is 0.299 e. The molecular weight excluding hydrogens is 210 g/mol. The van der Waals surface area contributed by atoms with E-state index in [-0.39, 0.29) is 0 Å². The average molecular weight is 228 g/mol. The first-order chi connectivity index (χ1) is 7.18. The zero-order chi connectivity index (χ0) is 10.8. The number of hydrogen-bond donors (Lipinski definition) is 0. The molecular formula is C11H18ClN3. The highest BCUT2D eigenvalue weighted by Crippen LogP contribution is 2.32. The molecule has 0 aromatic carbocycles. The predicted molar refractivity (Wildman–Crippen MR) is 61.1 cm³/mol. The number of rotatable bonds is 1. The van der Waals surface area contributed by atoms with Gasteiger partial charge in [0.2, 0.25) is 5.28 Å². The summed E-state index contributed by atoms with van der Waals surface area (Å²) < 4.78 is 2.10. The first-order valence-corrected chi connectivity index (χ1v) is 6.13. The van der Waals surface area contributed by atoms with E-state index in [0.29, 0.717) is 11.3 Å². The lowest BCUT2D eigenvalue weighted by Crippen LogP contribution is -2.10. The molecule has 1 heterocycles. The van der Waals surface area contributed by atoms with E-state index in [0.717, 1.165) is 11.7 Å². The molecule has 1 aromatic heterocycles. The van der Waals surface area contributed by atoms with Gasteiger partial charge in [0.05, 0.1) is 0 Å². The molecule has 0 aliphatic heterocycles. The van der Waals surface area contributed by atoms with Crippen LogP contribution in [0.2, 0.25) is 5.28 Å². The van der Waals surface area contributed by atoms with Gasteiger partial charge in [-0.3, -0.25) is 4.57 Å². The molecule has 15 heavy (non-hydrogen) atoms. The summed E-state index contributed by atoms with van der Waals surface area (Å²) in [4.78, 5) is 0. The minimum atomic E-state index is 0.512. The van der Waals surface area contributed by atoms with Crippen molar-refractivity contribution in [3.8, 4) is 0 Å². The molecule has 3 nitrogen and oxygen atoms in total. The molecule has 1 aliphatic carbocycles. The fourth-order valence-electron chi connectivity index (χ4n) is 2.48. The summed E-state index contributed by atoms with van der Waals surface area (Å²) >= 11 is 6.06. The van der Waals surface area contributed by atoms with Crippen LogP contribution in [0.3, 0.4) is 0 Å². The summed E-state index contributed by atoms with van der Waals surface area (Å²) in [5.74, 6) is 1.80. The van der Waals surface area contributed by atoms with Crippen LogP contribution < -0.4 is 0 Å². The van der Waals surface area contributed by atoms with E-state index in [9.17, 15) is 0 Å². The standard InChI is InChI=1S/C11H18ClN3/c1-8-4-3-5-10(7-6-8)15-9(2)13-14-11(15)12/h8,10H,3-7H2,1-2H3. The van der Waals surface area contributed by atoms with Crippen molar-refractivity contribution in [2.75, 3.05) is 0 Å². The first-order valence-electron chi connectivity index (χ1n) is 5.75. The van der Waals surface area contributed by atoms with E-state index in [1.807, 2.05) is 6.92 Å². The molecule has 2 unspecified atom stereocenters. The number of aromatic nitrogens is 3. The van der Waals surface area contributed by atoms with E-state index in [2.05, 4.69) is 21.7 Å². The highest BCUT2D eigenvalue weighted by atomic mass is 35.5. The molecule has 1 fully saturated rings. The summed E-state index contributed by atoms with van der Waals surface area (Å²) in [6, 6.07) is 0.512. The van der Waals surface area contributed by atoms with Crippen molar-refractivity contribution in [3.05, 3.63) is 11.1 Å². The third-order valence-corrected chi connectivity index (χ3v) is 3.67. The maximum Gasteiger partial charge on any atom is 0.225 e. The van der Waals surface area contributed by atoms with Gasteiger partial charge >= 0.3 is 0 Å². The quantitative estimate of drug-likeness (QED) is 0.689. The Balaban J connectivity index is 2.16. The van der Waals surface area contributed by atoms with Gasteiger partial charge in [-0.25, -0.2) is 0 Å². The van der Waals surface area contributed by atoms with Crippen LogP contribution in [-0.2, 0) is 0 Å². The molecule has 0 N–H and O–H groups in total. The van der Waals surface area contributed by atoms with E-state index in [1.165, 1.54) is 32.1 Å². The van der Waals surface area contributed by atoms with Gasteiger partial charge in [-0.15, -0.1) is 10.2 Å². The number of hydrogen-bond acceptors (Lipinski definition) is 2. The van der Waals surface area contributed by atoms with E-state index in [4.69, 9.17) is 11.6 Å². The molecule has 0 spiro atoms. The normalized spacial score (nSPS) is 27.7. The maximum atomic E-state index is 6.06. The minimum absolute atomic E-state index is 0.512. The fraction of sp³-hybridized carbons (Fsp3) is 0.818. The van der Waals surface area contributed by atoms with Gasteiger partial charge in [0.15, 0.2) is 0 Å². The van der Waals surface area contributed by atoms with Crippen LogP contribution in [0.25, 0.3) is 0 Å². The Labute approximate surface area is 95.8 Å². The molecule has 0 saturated heterocycles. The van der Waals surface area contributed by atoms with Gasteiger partial charge in [0.1, 0.15) is 5.82 Å². The van der Waals surface area contributed by atoms with E-state index >= 15 is 0 Å². The molecule has 84 valence electrons. The van der Waals surface area contributed by atoms with Gasteiger partial charge in [-0.05, 0) is 43.7 Å². The van der Waals surface area contributed by atoms with Gasteiger partial charge in [0.25, 0.3) is 0 Å². The van der Waals surface area contributed by atoms with Crippen LogP contribution in [0, 0.1) is 12.8 Å². The van der Waals surface area contributed by atoms with Crippen molar-refractivity contribution >= 4 is 11.6 Å². The zero-order valence-corrected chi connectivity index (χ0v) is 10.2. The Morgan fingerprint density at radius 2 is 2.00 bits per heavy atom. The Morgan fingerprint density at radius 3 is 2.67 bits per heavy atom. The van der Waals surface area contributed by atoms with Crippen LogP contribution >= 0.6 is 11.6 Å². The van der Waals surface area contributed by atoms with Crippen LogP contribution in [0.1, 0.15) is 50.9 Å². The molecule has 1 saturated carbocycles. The summed E-state index contributed by atoms with van der Waals surface area (Å²) in [6.07, 6.45) is 6.34. The lowest BCUT2D eigenvalue weighted by atomic mass is 10.0. The second kappa shape index (κ2) is 4.52. The molecule has 1 aliphatic rings. The van der Waals surface area contributed by atoms with E-state index in [1.54, 1.807) is 0 Å². The fourth-order valence-corrected chi connectivity index (χ4v) is 2.78. The van der Waals surface area contributed by atoms with Crippen LogP contribution in [0.4, 0.5) is 0 Å². The minimum Gasteiger partial charge on any atom is -0.299 e. The van der Waals surface area contributed by atoms with Gasteiger partial charge in [0, 0.05) is 6.04 Å². The molecule has 0 amide bonds. The third-order valence-electron chi connectivity index (χ3n) is 3.42. The van der Waals surface area contributed by atoms with Crippen molar-refractivity contribution in [3.63, 3.8) is 0 Å². The topological polar surface area (TPSA) is 30.7 Å². The highest BCUT2D eigenvalue weighted by molar-refractivity contribution is 6.28. The highest BCUT2D eigenvalue weighted by Gasteiger charge is 2.21. The number of nitrogens with zero attached hydrogens (tertiary/aromatic N) is 3. The number of aryl methyl sites for hydroxylation is 1. The van der Waals surface area contributed by atoms with Crippen LogP contribution in [0.15, 0.2) is 0 Å². The average Bonchev–Trinajstić information content (AvgIpc) is 2.41. The Bertz CT molecular complexity index is 315. The molecule has 2 rings (SSSR count). The Hall–Kier alpha value is -0.570. The first kappa shape index (κ1) is 10.9. The summed E-state index contributed by atoms with van der Waals surface area (Å²) in [7, 11) is 0. The SMILES string of the molecule is Cc1nnc(Cl)n1C1CCCC(C)CC1. The second-order valence-electron chi connectivity index (χ2n) is 4.65. The van der Waals surface area contributed by atoms with Gasteiger partial charge in [-0.1, -0.05) is 19.8 Å². The molecule has 4 heteroatoms. The summed E-state index contributed by atoms with van der Waals surface area (Å²) in [5.41, 5.74) is 0. The zero-order valence-electron chi connectivity index (χ0n) is 9.41. The van der Waals surface area contributed by atoms with Crippen molar-refractivity contribution in [1.29, 1.82) is 0 Å². The third kappa shape index (κ3) is 2.33. The monoisotopic (exact) mass is 227 g/mol. The summed E-state index contributed by atoms with van der Waals surface area (Å²) in [6.45, 7) is 4.32. The lowest BCUT2D eigenvalue weighted by molar-refractivity contribution is 0.425. The van der Waals surface area contributed by atoms with Crippen molar-refractivity contribution in [2.24, 2.45) is 5.92 Å². The second-order valence-corrected chi connectivity index (χ2v) is 4.99. The van der Waals surface area contributed by atoms with Gasteiger partial charge in [-0.2, -0.15) is 0 Å². The van der Waals surface area contributed by atoms with Gasteiger partial charge < -0.3 is 0 Å².